The van der Waals surface area contributed by atoms with E-state index in [1.807, 2.05) is 64.8 Å². The number of rotatable bonds is 3. The van der Waals surface area contributed by atoms with Crippen LogP contribution in [0.5, 0.6) is 0 Å². The first kappa shape index (κ1) is 21.1. The quantitative estimate of drug-likeness (QED) is 0.333. The van der Waals surface area contributed by atoms with Gasteiger partial charge in [-0.15, -0.1) is 0 Å². The average Bonchev–Trinajstić information content (AvgIpc) is 2.64. The van der Waals surface area contributed by atoms with Crippen molar-refractivity contribution in [3.63, 3.8) is 0 Å². The van der Waals surface area contributed by atoms with Crippen molar-refractivity contribution in [3.05, 3.63) is 71.8 Å². The number of hydrogen-bond donors (Lipinski definition) is 0. The highest BCUT2D eigenvalue weighted by molar-refractivity contribution is 7.71. The van der Waals surface area contributed by atoms with Gasteiger partial charge in [0.1, 0.15) is 14.3 Å². The van der Waals surface area contributed by atoms with Crippen LogP contribution in [-0.4, -0.2) is 26.7 Å². The molecule has 0 saturated heterocycles. The largest absolute Gasteiger partial charge is 0.319 e. The predicted octanol–water partition coefficient (Wildman–Crippen LogP) is 6.77. The van der Waals surface area contributed by atoms with Crippen molar-refractivity contribution >= 4 is 46.4 Å². The van der Waals surface area contributed by atoms with Crippen LogP contribution in [0.1, 0.15) is 11.1 Å². The van der Waals surface area contributed by atoms with E-state index in [9.17, 15) is 9.13 Å². The van der Waals surface area contributed by atoms with E-state index in [1.54, 1.807) is 0 Å². The maximum Gasteiger partial charge on any atom is 0.110 e. The van der Waals surface area contributed by atoms with Gasteiger partial charge in [0.2, 0.25) is 0 Å². The van der Waals surface area contributed by atoms with Gasteiger partial charge in [-0.1, -0.05) is 60.7 Å². The fourth-order valence-corrected chi connectivity index (χ4v) is 8.22. The summed E-state index contributed by atoms with van der Waals surface area (Å²) < 4.78 is 27.2. The number of aryl methyl sites for hydroxylation is 2. The minimum atomic E-state index is -2.62. The molecule has 0 spiro atoms. The van der Waals surface area contributed by atoms with Gasteiger partial charge in [-0.2, -0.15) is 0 Å². The first-order valence-corrected chi connectivity index (χ1v) is 15.4. The van der Waals surface area contributed by atoms with Crippen LogP contribution >= 0.6 is 14.3 Å². The van der Waals surface area contributed by atoms with Crippen LogP contribution in [0.25, 0.3) is 32.7 Å². The van der Waals surface area contributed by atoms with Gasteiger partial charge >= 0.3 is 0 Å². The first-order valence-electron chi connectivity index (χ1n) is 10.2. The van der Waals surface area contributed by atoms with Crippen LogP contribution in [0, 0.1) is 13.8 Å². The molecule has 0 saturated carbocycles. The van der Waals surface area contributed by atoms with Crippen LogP contribution in [0.15, 0.2) is 60.7 Å². The van der Waals surface area contributed by atoms with Crippen molar-refractivity contribution in [2.45, 2.75) is 13.8 Å². The summed E-state index contributed by atoms with van der Waals surface area (Å²) in [5.41, 5.74) is 4.02. The highest BCUT2D eigenvalue weighted by Gasteiger charge is 2.29. The Balaban J connectivity index is 2.39. The van der Waals surface area contributed by atoms with Crippen LogP contribution in [0.3, 0.4) is 0 Å². The average molecular weight is 434 g/mol. The van der Waals surface area contributed by atoms with Crippen molar-refractivity contribution in [3.8, 4) is 11.1 Å². The van der Waals surface area contributed by atoms with E-state index in [-0.39, 0.29) is 0 Å². The lowest BCUT2D eigenvalue weighted by Gasteiger charge is -2.25. The Morgan fingerprint density at radius 1 is 0.567 bits per heavy atom. The summed E-state index contributed by atoms with van der Waals surface area (Å²) in [6.45, 7) is 11.4. The van der Waals surface area contributed by atoms with Gasteiger partial charge < -0.3 is 9.13 Å². The van der Waals surface area contributed by atoms with Crippen molar-refractivity contribution in [1.82, 2.24) is 0 Å². The van der Waals surface area contributed by atoms with E-state index in [4.69, 9.17) is 0 Å². The topological polar surface area (TPSA) is 34.1 Å². The van der Waals surface area contributed by atoms with Crippen molar-refractivity contribution in [2.24, 2.45) is 0 Å². The van der Waals surface area contributed by atoms with Gasteiger partial charge in [0, 0.05) is 21.7 Å². The zero-order valence-electron chi connectivity index (χ0n) is 18.5. The molecule has 0 aliphatic carbocycles. The molecule has 0 fully saturated rings. The maximum atomic E-state index is 13.6. The predicted molar refractivity (Wildman–Crippen MR) is 135 cm³/mol. The maximum absolute atomic E-state index is 13.6. The molecule has 154 valence electrons. The molecule has 30 heavy (non-hydrogen) atoms. The molecular weight excluding hydrogens is 406 g/mol. The lowest BCUT2D eigenvalue weighted by Crippen LogP contribution is -2.19. The summed E-state index contributed by atoms with van der Waals surface area (Å²) >= 11 is 0. The van der Waals surface area contributed by atoms with Crippen molar-refractivity contribution in [2.75, 3.05) is 26.7 Å². The molecule has 0 unspecified atom stereocenters. The monoisotopic (exact) mass is 434 g/mol. The van der Waals surface area contributed by atoms with Gasteiger partial charge in [-0.3, -0.25) is 0 Å². The SMILES string of the molecule is Cc1cc2ccccc2c(-c2c(P(C)(C)=O)c(C)cc3ccccc23)c1P(C)(C)=O. The Morgan fingerprint density at radius 2 is 0.900 bits per heavy atom. The third kappa shape index (κ3) is 3.47. The molecular formula is C26H28O2P2. The second-order valence-corrected chi connectivity index (χ2v) is 15.3. The molecule has 0 N–H and O–H groups in total. The van der Waals surface area contributed by atoms with Gasteiger partial charge in [-0.25, -0.2) is 0 Å². The van der Waals surface area contributed by atoms with Crippen LogP contribution < -0.4 is 10.6 Å². The molecule has 4 heteroatoms. The lowest BCUT2D eigenvalue weighted by molar-refractivity contribution is 0.587. The van der Waals surface area contributed by atoms with Gasteiger partial charge in [0.25, 0.3) is 0 Å². The minimum absolute atomic E-state index is 0.895. The molecule has 0 atom stereocenters. The molecule has 0 radical (unpaired) electrons. The van der Waals surface area contributed by atoms with Crippen molar-refractivity contribution < 1.29 is 9.13 Å². The third-order valence-electron chi connectivity index (χ3n) is 5.75. The molecule has 0 heterocycles. The molecule has 2 nitrogen and oxygen atoms in total. The Bertz CT molecular complexity index is 1290. The normalized spacial score (nSPS) is 12.6. The molecule has 4 rings (SSSR count). The first-order chi connectivity index (χ1) is 14.0. The lowest BCUT2D eigenvalue weighted by atomic mass is 9.91. The summed E-state index contributed by atoms with van der Waals surface area (Å²) in [6.07, 6.45) is 0. The second-order valence-electron chi connectivity index (χ2n) is 8.98. The fraction of sp³-hybridized carbons (Fsp3) is 0.231. The highest BCUT2D eigenvalue weighted by atomic mass is 31.2. The second kappa shape index (κ2) is 7.23. The zero-order valence-corrected chi connectivity index (χ0v) is 20.3. The van der Waals surface area contributed by atoms with Crippen LogP contribution in [-0.2, 0) is 9.13 Å². The number of benzene rings is 4. The molecule has 0 aliphatic rings. The number of hydrogen-bond acceptors (Lipinski definition) is 2. The van der Waals surface area contributed by atoms with E-state index in [0.29, 0.717) is 0 Å². The Kier molecular flexibility index (Phi) is 5.08. The minimum Gasteiger partial charge on any atom is -0.319 e. The highest BCUT2D eigenvalue weighted by Crippen LogP contribution is 2.48. The van der Waals surface area contributed by atoms with Crippen LogP contribution in [0.4, 0.5) is 0 Å². The Labute approximate surface area is 179 Å². The van der Waals surface area contributed by atoms with Gasteiger partial charge in [-0.05, 0) is 73.2 Å². The zero-order chi connectivity index (χ0) is 21.8. The molecule has 0 amide bonds. The summed E-state index contributed by atoms with van der Waals surface area (Å²) in [5, 5.41) is 6.14. The molecule has 4 aromatic carbocycles. The molecule has 0 bridgehead atoms. The van der Waals surface area contributed by atoms with E-state index < -0.39 is 14.3 Å². The smallest absolute Gasteiger partial charge is 0.110 e. The van der Waals surface area contributed by atoms with Gasteiger partial charge in [0.15, 0.2) is 0 Å². The third-order valence-corrected chi connectivity index (χ3v) is 9.06. The van der Waals surface area contributed by atoms with Gasteiger partial charge in [0.05, 0.1) is 0 Å². The Hall–Kier alpha value is -2.14. The molecule has 4 aromatic rings. The summed E-state index contributed by atoms with van der Waals surface area (Å²) in [6, 6.07) is 20.8. The Morgan fingerprint density at radius 3 is 1.23 bits per heavy atom. The fourth-order valence-electron chi connectivity index (χ4n) is 4.85. The van der Waals surface area contributed by atoms with Crippen molar-refractivity contribution in [1.29, 1.82) is 0 Å². The summed E-state index contributed by atoms with van der Waals surface area (Å²) in [5.74, 6) is 0. The molecule has 0 aromatic heterocycles. The van der Waals surface area contributed by atoms with E-state index in [1.165, 1.54) is 0 Å². The number of fused-ring (bicyclic) bond motifs is 2. The standard InChI is InChI=1S/C26H28O2P2/c1-17-15-19-11-7-9-13-21(19)23(25(17)29(3,4)27)24-22-14-10-8-12-20(22)16-18(2)26(24)30(5,6)28/h7-16H,1-6H3. The molecule has 0 aliphatic heterocycles. The van der Waals surface area contributed by atoms with E-state index >= 15 is 0 Å². The summed E-state index contributed by atoms with van der Waals surface area (Å²) in [4.78, 5) is 0. The van der Waals surface area contributed by atoms with E-state index in [0.717, 1.165) is 54.4 Å². The van der Waals surface area contributed by atoms with E-state index in [2.05, 4.69) is 36.4 Å². The van der Waals surface area contributed by atoms with Crippen LogP contribution in [0.2, 0.25) is 0 Å². The summed E-state index contributed by atoms with van der Waals surface area (Å²) in [7, 11) is -5.24.